The first-order valence-corrected chi connectivity index (χ1v) is 6.71. The third-order valence-electron chi connectivity index (χ3n) is 3.31. The van der Waals surface area contributed by atoms with Crippen molar-refractivity contribution < 1.29 is 9.53 Å². The average molecular weight is 275 g/mol. The number of ether oxygens (including phenoxy) is 1. The van der Waals surface area contributed by atoms with E-state index < -0.39 is 0 Å². The predicted molar refractivity (Wildman–Crippen MR) is 80.1 cm³/mol. The third-order valence-corrected chi connectivity index (χ3v) is 3.31. The van der Waals surface area contributed by atoms with Gasteiger partial charge in [-0.3, -0.25) is 0 Å². The zero-order chi connectivity index (χ0) is 14.5. The van der Waals surface area contributed by atoms with E-state index in [4.69, 9.17) is 4.74 Å². The van der Waals surface area contributed by atoms with Crippen LogP contribution >= 0.6 is 0 Å². The molecule has 0 atom stereocenters. The van der Waals surface area contributed by atoms with Crippen molar-refractivity contribution in [3.8, 4) is 5.75 Å². The van der Waals surface area contributed by atoms with Gasteiger partial charge >= 0.3 is 6.03 Å². The Balaban J connectivity index is 1.97. The molecule has 1 aromatic rings. The first-order valence-electron chi connectivity index (χ1n) is 6.71. The summed E-state index contributed by atoms with van der Waals surface area (Å²) in [6.07, 6.45) is 0. The maximum absolute atomic E-state index is 11.9. The van der Waals surface area contributed by atoms with Gasteiger partial charge in [-0.05, 0) is 19.1 Å². The van der Waals surface area contributed by atoms with Gasteiger partial charge in [-0.15, -0.1) is 0 Å². The van der Waals surface area contributed by atoms with E-state index in [2.05, 4.69) is 16.8 Å². The second-order valence-electron chi connectivity index (χ2n) is 4.86. The smallest absolute Gasteiger partial charge is 0.321 e. The van der Waals surface area contributed by atoms with Crippen molar-refractivity contribution in [1.82, 2.24) is 10.2 Å². The lowest BCUT2D eigenvalue weighted by atomic mass is 10.2. The Bertz CT molecular complexity index is 494. The lowest BCUT2D eigenvalue weighted by molar-refractivity contribution is 0.197. The molecular formula is C15H21N3O2. The lowest BCUT2D eigenvalue weighted by Gasteiger charge is -2.36. The summed E-state index contributed by atoms with van der Waals surface area (Å²) in [5.74, 6) is 0.868. The summed E-state index contributed by atoms with van der Waals surface area (Å²) in [6.45, 7) is 8.44. The molecule has 20 heavy (non-hydrogen) atoms. The predicted octanol–water partition coefficient (Wildman–Crippen LogP) is 2.06. The van der Waals surface area contributed by atoms with Gasteiger partial charge in [-0.25, -0.2) is 4.79 Å². The largest absolute Gasteiger partial charge is 0.495 e. The fourth-order valence-corrected chi connectivity index (χ4v) is 2.30. The molecule has 1 heterocycles. The van der Waals surface area contributed by atoms with Gasteiger partial charge in [0.1, 0.15) is 5.75 Å². The summed E-state index contributed by atoms with van der Waals surface area (Å²) < 4.78 is 5.38. The zero-order valence-electron chi connectivity index (χ0n) is 12.1. The number of nitrogens with zero attached hydrogens (tertiary/aromatic N) is 2. The Morgan fingerprint density at radius 3 is 2.50 bits per heavy atom. The molecule has 1 aromatic carbocycles. The van der Waals surface area contributed by atoms with E-state index in [0.717, 1.165) is 24.5 Å². The fourth-order valence-electron chi connectivity index (χ4n) is 2.30. The molecule has 1 aliphatic heterocycles. The average Bonchev–Trinajstić information content (AvgIpc) is 2.46. The minimum absolute atomic E-state index is 0.0721. The van der Waals surface area contributed by atoms with Gasteiger partial charge in [0, 0.05) is 31.9 Å². The molecule has 1 fully saturated rings. The SMILES string of the molecule is C=C(C)NC(=O)N1CCN(c2ccccc2OC)CC1. The number of nitrogens with one attached hydrogen (secondary N) is 1. The molecule has 0 saturated carbocycles. The summed E-state index contributed by atoms with van der Waals surface area (Å²) in [5, 5.41) is 2.74. The third kappa shape index (κ3) is 3.23. The Hall–Kier alpha value is -2.17. The number of urea groups is 1. The number of piperazine rings is 1. The molecule has 0 aromatic heterocycles. The highest BCUT2D eigenvalue weighted by Gasteiger charge is 2.22. The number of carbonyl (C=O) groups excluding carboxylic acids is 1. The zero-order valence-corrected chi connectivity index (χ0v) is 12.1. The Kier molecular flexibility index (Phi) is 4.50. The summed E-state index contributed by atoms with van der Waals surface area (Å²) >= 11 is 0. The Labute approximate surface area is 119 Å². The van der Waals surface area contributed by atoms with Crippen molar-refractivity contribution in [3.63, 3.8) is 0 Å². The number of hydrogen-bond acceptors (Lipinski definition) is 3. The molecule has 1 saturated heterocycles. The van der Waals surface area contributed by atoms with Crippen LogP contribution in [-0.4, -0.2) is 44.2 Å². The van der Waals surface area contributed by atoms with Crippen molar-refractivity contribution in [2.75, 3.05) is 38.2 Å². The molecule has 0 spiro atoms. The first-order chi connectivity index (χ1) is 9.61. The number of carbonyl (C=O) groups is 1. The maximum Gasteiger partial charge on any atom is 0.321 e. The molecule has 2 amide bonds. The summed E-state index contributed by atoms with van der Waals surface area (Å²) in [5.41, 5.74) is 1.75. The number of anilines is 1. The van der Waals surface area contributed by atoms with Gasteiger partial charge in [0.15, 0.2) is 0 Å². The highest BCUT2D eigenvalue weighted by atomic mass is 16.5. The molecule has 1 N–H and O–H groups in total. The van der Waals surface area contributed by atoms with E-state index in [1.54, 1.807) is 18.9 Å². The van der Waals surface area contributed by atoms with Crippen LogP contribution in [0.5, 0.6) is 5.75 Å². The van der Waals surface area contributed by atoms with E-state index in [-0.39, 0.29) is 6.03 Å². The van der Waals surface area contributed by atoms with E-state index >= 15 is 0 Å². The molecule has 2 rings (SSSR count). The maximum atomic E-state index is 11.9. The number of para-hydroxylation sites is 2. The van der Waals surface area contributed by atoms with Crippen molar-refractivity contribution in [2.45, 2.75) is 6.92 Å². The van der Waals surface area contributed by atoms with Gasteiger partial charge in [0.25, 0.3) is 0 Å². The molecule has 108 valence electrons. The fraction of sp³-hybridized carbons (Fsp3) is 0.400. The summed E-state index contributed by atoms with van der Waals surface area (Å²) in [7, 11) is 1.68. The van der Waals surface area contributed by atoms with Gasteiger partial charge in [-0.2, -0.15) is 0 Å². The van der Waals surface area contributed by atoms with E-state index in [1.165, 1.54) is 0 Å². The van der Waals surface area contributed by atoms with Crippen molar-refractivity contribution in [1.29, 1.82) is 0 Å². The molecule has 0 unspecified atom stereocenters. The van der Waals surface area contributed by atoms with Crippen molar-refractivity contribution >= 4 is 11.7 Å². The number of rotatable bonds is 3. The number of benzene rings is 1. The van der Waals surface area contributed by atoms with Crippen LogP contribution in [0.4, 0.5) is 10.5 Å². The van der Waals surface area contributed by atoms with Gasteiger partial charge < -0.3 is 19.9 Å². The van der Waals surface area contributed by atoms with Crippen LogP contribution in [0.1, 0.15) is 6.92 Å². The standard InChI is InChI=1S/C15H21N3O2/c1-12(2)16-15(19)18-10-8-17(9-11-18)13-6-4-5-7-14(13)20-3/h4-7H,1,8-11H2,2-3H3,(H,16,19). The normalized spacial score (nSPS) is 14.9. The van der Waals surface area contributed by atoms with Crippen LogP contribution in [0.3, 0.4) is 0 Å². The minimum atomic E-state index is -0.0721. The number of amides is 2. The summed E-state index contributed by atoms with van der Waals surface area (Å²) in [6, 6.07) is 7.88. The molecule has 5 nitrogen and oxygen atoms in total. The molecule has 0 aliphatic carbocycles. The number of allylic oxidation sites excluding steroid dienone is 1. The van der Waals surface area contributed by atoms with Crippen LogP contribution in [-0.2, 0) is 0 Å². The van der Waals surface area contributed by atoms with Crippen LogP contribution < -0.4 is 15.0 Å². The van der Waals surface area contributed by atoms with Crippen LogP contribution in [0.2, 0.25) is 0 Å². The number of methoxy groups -OCH3 is 1. The minimum Gasteiger partial charge on any atom is -0.495 e. The van der Waals surface area contributed by atoms with Crippen molar-refractivity contribution in [2.24, 2.45) is 0 Å². The molecule has 0 bridgehead atoms. The van der Waals surface area contributed by atoms with E-state index in [0.29, 0.717) is 18.8 Å². The molecular weight excluding hydrogens is 254 g/mol. The Morgan fingerprint density at radius 1 is 1.25 bits per heavy atom. The van der Waals surface area contributed by atoms with Crippen molar-refractivity contribution in [3.05, 3.63) is 36.5 Å². The van der Waals surface area contributed by atoms with E-state index in [9.17, 15) is 4.79 Å². The van der Waals surface area contributed by atoms with Crippen LogP contribution in [0.25, 0.3) is 0 Å². The summed E-state index contributed by atoms with van der Waals surface area (Å²) in [4.78, 5) is 15.9. The topological polar surface area (TPSA) is 44.8 Å². The highest BCUT2D eigenvalue weighted by molar-refractivity contribution is 5.76. The number of hydrogen-bond donors (Lipinski definition) is 1. The quantitative estimate of drug-likeness (QED) is 0.918. The van der Waals surface area contributed by atoms with Gasteiger partial charge in [0.2, 0.25) is 0 Å². The van der Waals surface area contributed by atoms with E-state index in [1.807, 2.05) is 24.3 Å². The lowest BCUT2D eigenvalue weighted by Crippen LogP contribution is -2.51. The molecule has 1 aliphatic rings. The van der Waals surface area contributed by atoms with Crippen LogP contribution in [0.15, 0.2) is 36.5 Å². The second kappa shape index (κ2) is 6.32. The first kappa shape index (κ1) is 14.2. The highest BCUT2D eigenvalue weighted by Crippen LogP contribution is 2.28. The molecule has 0 radical (unpaired) electrons. The van der Waals surface area contributed by atoms with Gasteiger partial charge in [-0.1, -0.05) is 18.7 Å². The van der Waals surface area contributed by atoms with Gasteiger partial charge in [0.05, 0.1) is 12.8 Å². The monoisotopic (exact) mass is 275 g/mol. The Morgan fingerprint density at radius 2 is 1.90 bits per heavy atom. The second-order valence-corrected chi connectivity index (χ2v) is 4.86. The molecule has 5 heteroatoms. The van der Waals surface area contributed by atoms with Crippen LogP contribution in [0, 0.1) is 0 Å².